The summed E-state index contributed by atoms with van der Waals surface area (Å²) in [5.74, 6) is 0.513. The molecule has 0 aliphatic rings. The van der Waals surface area contributed by atoms with E-state index in [0.29, 0.717) is 12.4 Å². The first kappa shape index (κ1) is 12.3. The van der Waals surface area contributed by atoms with Gasteiger partial charge in [0.05, 0.1) is 12.2 Å². The van der Waals surface area contributed by atoms with Crippen molar-refractivity contribution in [1.82, 2.24) is 9.88 Å². The molecule has 0 aliphatic heterocycles. The Balaban J connectivity index is 2.09. The van der Waals surface area contributed by atoms with Crippen LogP contribution in [0.3, 0.4) is 0 Å². The molecule has 0 amide bonds. The highest BCUT2D eigenvalue weighted by atomic mass is 15.1. The molecule has 92 valence electrons. The molecule has 0 unspecified atom stereocenters. The molecule has 0 aliphatic carbocycles. The summed E-state index contributed by atoms with van der Waals surface area (Å²) < 4.78 is 0. The van der Waals surface area contributed by atoms with Crippen molar-refractivity contribution >= 4 is 5.84 Å². The van der Waals surface area contributed by atoms with E-state index in [0.717, 1.165) is 17.0 Å². The van der Waals surface area contributed by atoms with E-state index in [1.807, 2.05) is 67.4 Å². The molecule has 18 heavy (non-hydrogen) atoms. The van der Waals surface area contributed by atoms with E-state index in [-0.39, 0.29) is 0 Å². The number of aryl methyl sites for hydroxylation is 1. The molecule has 1 N–H and O–H groups in total. The van der Waals surface area contributed by atoms with Crippen LogP contribution >= 0.6 is 0 Å². The van der Waals surface area contributed by atoms with Crippen LogP contribution in [0.4, 0.5) is 0 Å². The summed E-state index contributed by atoms with van der Waals surface area (Å²) in [6.07, 6.45) is 0. The third-order valence-electron chi connectivity index (χ3n) is 2.77. The Morgan fingerprint density at radius 1 is 1.11 bits per heavy atom. The Bertz CT molecular complexity index is 534. The van der Waals surface area contributed by atoms with Crippen LogP contribution in [0.2, 0.25) is 0 Å². The lowest BCUT2D eigenvalue weighted by atomic mass is 10.2. The van der Waals surface area contributed by atoms with Gasteiger partial charge in [0, 0.05) is 18.3 Å². The second-order valence-corrected chi connectivity index (χ2v) is 4.34. The number of pyridine rings is 1. The van der Waals surface area contributed by atoms with Crippen molar-refractivity contribution in [2.75, 3.05) is 7.05 Å². The minimum atomic E-state index is 0.513. The third kappa shape index (κ3) is 2.94. The summed E-state index contributed by atoms with van der Waals surface area (Å²) in [5.41, 5.74) is 2.91. The Morgan fingerprint density at radius 2 is 1.83 bits per heavy atom. The molecule has 2 rings (SSSR count). The summed E-state index contributed by atoms with van der Waals surface area (Å²) >= 11 is 0. The Morgan fingerprint density at radius 3 is 2.50 bits per heavy atom. The Kier molecular flexibility index (Phi) is 3.72. The standard InChI is InChI=1S/C15H17N3/c1-12-7-6-10-14(17-12)11-18(2)15(16)13-8-4-3-5-9-13/h3-10,16H,11H2,1-2H3. The maximum atomic E-state index is 8.14. The maximum Gasteiger partial charge on any atom is 0.128 e. The molecule has 0 spiro atoms. The molecule has 1 aromatic heterocycles. The van der Waals surface area contributed by atoms with Crippen molar-refractivity contribution in [2.24, 2.45) is 0 Å². The second-order valence-electron chi connectivity index (χ2n) is 4.34. The fourth-order valence-corrected chi connectivity index (χ4v) is 1.83. The summed E-state index contributed by atoms with van der Waals surface area (Å²) in [6.45, 7) is 2.63. The lowest BCUT2D eigenvalue weighted by Gasteiger charge is -2.19. The highest BCUT2D eigenvalue weighted by Gasteiger charge is 2.08. The van der Waals surface area contributed by atoms with Gasteiger partial charge in [-0.15, -0.1) is 0 Å². The smallest absolute Gasteiger partial charge is 0.128 e. The average Bonchev–Trinajstić information content (AvgIpc) is 2.39. The van der Waals surface area contributed by atoms with Crippen molar-refractivity contribution in [3.63, 3.8) is 0 Å². The second kappa shape index (κ2) is 5.45. The molecule has 3 heteroatoms. The van der Waals surface area contributed by atoms with Gasteiger partial charge in [-0.05, 0) is 19.1 Å². The molecule has 0 saturated heterocycles. The summed E-state index contributed by atoms with van der Waals surface area (Å²) in [4.78, 5) is 6.35. The number of nitrogens with one attached hydrogen (secondary N) is 1. The van der Waals surface area contributed by atoms with Gasteiger partial charge in [0.1, 0.15) is 5.84 Å². The van der Waals surface area contributed by atoms with Crippen LogP contribution < -0.4 is 0 Å². The monoisotopic (exact) mass is 239 g/mol. The quantitative estimate of drug-likeness (QED) is 0.661. The van der Waals surface area contributed by atoms with Gasteiger partial charge in [-0.2, -0.15) is 0 Å². The van der Waals surface area contributed by atoms with Crippen molar-refractivity contribution in [2.45, 2.75) is 13.5 Å². The summed E-state index contributed by atoms with van der Waals surface area (Å²) in [7, 11) is 1.92. The zero-order chi connectivity index (χ0) is 13.0. The largest absolute Gasteiger partial charge is 0.354 e. The van der Waals surface area contributed by atoms with Gasteiger partial charge in [0.2, 0.25) is 0 Å². The molecular formula is C15H17N3. The normalized spacial score (nSPS) is 10.1. The maximum absolute atomic E-state index is 8.14. The SMILES string of the molecule is Cc1cccc(CN(C)C(=N)c2ccccc2)n1. The molecule has 0 fully saturated rings. The number of nitrogens with zero attached hydrogens (tertiary/aromatic N) is 2. The van der Waals surface area contributed by atoms with Crippen LogP contribution in [-0.4, -0.2) is 22.8 Å². The van der Waals surface area contributed by atoms with E-state index in [9.17, 15) is 0 Å². The van der Waals surface area contributed by atoms with Gasteiger partial charge < -0.3 is 4.90 Å². The molecule has 0 saturated carbocycles. The zero-order valence-corrected chi connectivity index (χ0v) is 10.7. The van der Waals surface area contributed by atoms with E-state index >= 15 is 0 Å². The first-order chi connectivity index (χ1) is 8.66. The molecular weight excluding hydrogens is 222 g/mol. The first-order valence-electron chi connectivity index (χ1n) is 5.94. The van der Waals surface area contributed by atoms with Crippen molar-refractivity contribution in [1.29, 1.82) is 5.41 Å². The Hall–Kier alpha value is -2.16. The fourth-order valence-electron chi connectivity index (χ4n) is 1.83. The number of rotatable bonds is 3. The average molecular weight is 239 g/mol. The fraction of sp³-hybridized carbons (Fsp3) is 0.200. The highest BCUT2D eigenvalue weighted by molar-refractivity contribution is 5.96. The summed E-state index contributed by atoms with van der Waals surface area (Å²) in [5, 5.41) is 8.14. The predicted octanol–water partition coefficient (Wildman–Crippen LogP) is 2.85. The zero-order valence-electron chi connectivity index (χ0n) is 10.7. The van der Waals surface area contributed by atoms with Gasteiger partial charge in [0.25, 0.3) is 0 Å². The van der Waals surface area contributed by atoms with Crippen LogP contribution in [0.15, 0.2) is 48.5 Å². The topological polar surface area (TPSA) is 40.0 Å². The molecule has 0 atom stereocenters. The minimum absolute atomic E-state index is 0.513. The lowest BCUT2D eigenvalue weighted by Crippen LogP contribution is -2.26. The van der Waals surface area contributed by atoms with Crippen molar-refractivity contribution in [3.8, 4) is 0 Å². The van der Waals surface area contributed by atoms with Gasteiger partial charge in [-0.25, -0.2) is 0 Å². The van der Waals surface area contributed by atoms with Crippen LogP contribution in [-0.2, 0) is 6.54 Å². The van der Waals surface area contributed by atoms with E-state index in [4.69, 9.17) is 5.41 Å². The number of hydrogen-bond acceptors (Lipinski definition) is 2. The first-order valence-corrected chi connectivity index (χ1v) is 5.94. The predicted molar refractivity (Wildman–Crippen MR) is 73.7 cm³/mol. The van der Waals surface area contributed by atoms with E-state index < -0.39 is 0 Å². The molecule has 1 aromatic carbocycles. The molecule has 0 bridgehead atoms. The van der Waals surface area contributed by atoms with Crippen LogP contribution in [0.5, 0.6) is 0 Å². The van der Waals surface area contributed by atoms with E-state index in [2.05, 4.69) is 4.98 Å². The molecule has 1 heterocycles. The van der Waals surface area contributed by atoms with Crippen LogP contribution in [0.1, 0.15) is 17.0 Å². The number of aromatic nitrogens is 1. The Labute approximate surface area is 108 Å². The van der Waals surface area contributed by atoms with Crippen molar-refractivity contribution < 1.29 is 0 Å². The molecule has 3 nitrogen and oxygen atoms in total. The van der Waals surface area contributed by atoms with E-state index in [1.165, 1.54) is 0 Å². The van der Waals surface area contributed by atoms with Crippen LogP contribution in [0, 0.1) is 12.3 Å². The lowest BCUT2D eigenvalue weighted by molar-refractivity contribution is 0.489. The molecule has 2 aromatic rings. The number of hydrogen-bond donors (Lipinski definition) is 1. The van der Waals surface area contributed by atoms with Crippen molar-refractivity contribution in [3.05, 3.63) is 65.5 Å². The van der Waals surface area contributed by atoms with Gasteiger partial charge in [0.15, 0.2) is 0 Å². The summed E-state index contributed by atoms with van der Waals surface area (Å²) in [6, 6.07) is 15.7. The number of benzene rings is 1. The van der Waals surface area contributed by atoms with Gasteiger partial charge >= 0.3 is 0 Å². The minimum Gasteiger partial charge on any atom is -0.354 e. The van der Waals surface area contributed by atoms with Gasteiger partial charge in [-0.3, -0.25) is 10.4 Å². The van der Waals surface area contributed by atoms with E-state index in [1.54, 1.807) is 0 Å². The number of amidine groups is 1. The molecule has 0 radical (unpaired) electrons. The van der Waals surface area contributed by atoms with Gasteiger partial charge in [-0.1, -0.05) is 36.4 Å². The third-order valence-corrected chi connectivity index (χ3v) is 2.77. The van der Waals surface area contributed by atoms with Crippen LogP contribution in [0.25, 0.3) is 0 Å². The highest BCUT2D eigenvalue weighted by Crippen LogP contribution is 2.07.